The van der Waals surface area contributed by atoms with Gasteiger partial charge in [-0.05, 0) is 85.7 Å². The van der Waals surface area contributed by atoms with Crippen molar-refractivity contribution < 1.29 is 26.4 Å². The lowest BCUT2D eigenvalue weighted by molar-refractivity contribution is -0.137. The van der Waals surface area contributed by atoms with Gasteiger partial charge in [-0.1, -0.05) is 36.6 Å². The lowest BCUT2D eigenvalue weighted by Crippen LogP contribution is -2.42. The lowest BCUT2D eigenvalue weighted by Gasteiger charge is -2.32. The molecule has 0 saturated heterocycles. The van der Waals surface area contributed by atoms with Crippen LogP contribution in [-0.4, -0.2) is 20.4 Å². The van der Waals surface area contributed by atoms with E-state index in [9.17, 15) is 26.4 Å². The quantitative estimate of drug-likeness (QED) is 0.290. The summed E-state index contributed by atoms with van der Waals surface area (Å²) in [4.78, 5) is 13.0. The van der Waals surface area contributed by atoms with Crippen molar-refractivity contribution in [3.05, 3.63) is 87.3 Å². The molecule has 1 amide bonds. The van der Waals surface area contributed by atoms with Crippen LogP contribution in [0.2, 0.25) is 5.02 Å². The number of benzene rings is 2. The number of thiophene rings is 1. The highest BCUT2D eigenvalue weighted by molar-refractivity contribution is 7.91. The van der Waals surface area contributed by atoms with E-state index in [1.165, 1.54) is 18.2 Å². The van der Waals surface area contributed by atoms with Gasteiger partial charge in [0, 0.05) is 21.5 Å². The summed E-state index contributed by atoms with van der Waals surface area (Å²) in [6, 6.07) is 14.6. The van der Waals surface area contributed by atoms with Crippen molar-refractivity contribution in [1.82, 2.24) is 10.0 Å². The van der Waals surface area contributed by atoms with Crippen LogP contribution in [0.3, 0.4) is 0 Å². The Labute approximate surface area is 229 Å². The zero-order valence-corrected chi connectivity index (χ0v) is 22.8. The standard InChI is InChI=1S/C27H28ClF3N2O3S2/c28-22-13-9-20(10-14-22)26(34)32-17-23-15-16-25(37-23)38(35,36)33-24-4-2-1-3-19(24)8-5-18-6-11-21(12-7-18)27(29,30)31/h6-7,9-16,19,24,33H,1-5,8,17H2,(H,32,34). The first-order chi connectivity index (χ1) is 18.0. The van der Waals surface area contributed by atoms with Crippen LogP contribution >= 0.6 is 22.9 Å². The number of nitrogens with one attached hydrogen (secondary N) is 2. The number of sulfonamides is 1. The van der Waals surface area contributed by atoms with E-state index in [-0.39, 0.29) is 28.6 Å². The fourth-order valence-electron chi connectivity index (χ4n) is 4.65. The summed E-state index contributed by atoms with van der Waals surface area (Å²) < 4.78 is 67.8. The molecule has 1 aliphatic carbocycles. The number of hydrogen-bond acceptors (Lipinski definition) is 4. The van der Waals surface area contributed by atoms with Crippen molar-refractivity contribution in [1.29, 1.82) is 0 Å². The monoisotopic (exact) mass is 584 g/mol. The highest BCUT2D eigenvalue weighted by Gasteiger charge is 2.31. The molecule has 2 N–H and O–H groups in total. The highest BCUT2D eigenvalue weighted by Crippen LogP contribution is 2.32. The minimum absolute atomic E-state index is 0.0962. The molecule has 2 atom stereocenters. The number of carbonyl (C=O) groups excluding carboxylic acids is 1. The lowest BCUT2D eigenvalue weighted by atomic mass is 9.81. The van der Waals surface area contributed by atoms with E-state index in [0.29, 0.717) is 34.7 Å². The molecule has 2 unspecified atom stereocenters. The third-order valence-electron chi connectivity index (χ3n) is 6.73. The second kappa shape index (κ2) is 12.2. The zero-order chi connectivity index (χ0) is 27.3. The minimum atomic E-state index is -4.37. The third kappa shape index (κ3) is 7.59. The highest BCUT2D eigenvalue weighted by atomic mass is 35.5. The maximum Gasteiger partial charge on any atom is 0.416 e. The summed E-state index contributed by atoms with van der Waals surface area (Å²) in [5.41, 5.74) is 0.582. The topological polar surface area (TPSA) is 75.3 Å². The SMILES string of the molecule is O=C(NCc1ccc(S(=O)(=O)NC2CCCCC2CCc2ccc(C(F)(F)F)cc2)s1)c1ccc(Cl)cc1. The molecular formula is C27H28ClF3N2O3S2. The van der Waals surface area contributed by atoms with Crippen LogP contribution in [0.4, 0.5) is 13.2 Å². The molecule has 0 radical (unpaired) electrons. The number of alkyl halides is 3. The van der Waals surface area contributed by atoms with Crippen molar-refractivity contribution in [3.8, 4) is 0 Å². The molecule has 1 heterocycles. The fraction of sp³-hybridized carbons (Fsp3) is 0.370. The second-order valence-corrected chi connectivity index (χ2v) is 13.0. The Balaban J connectivity index is 1.34. The van der Waals surface area contributed by atoms with Gasteiger partial charge < -0.3 is 5.32 Å². The average Bonchev–Trinajstić information content (AvgIpc) is 3.37. The number of aryl methyl sites for hydroxylation is 1. The molecule has 1 aliphatic rings. The minimum Gasteiger partial charge on any atom is -0.347 e. The van der Waals surface area contributed by atoms with Gasteiger partial charge in [-0.15, -0.1) is 11.3 Å². The van der Waals surface area contributed by atoms with Gasteiger partial charge in [0.15, 0.2) is 0 Å². The predicted octanol–water partition coefficient (Wildman–Crippen LogP) is 6.82. The average molecular weight is 585 g/mol. The van der Waals surface area contributed by atoms with E-state index in [4.69, 9.17) is 11.6 Å². The van der Waals surface area contributed by atoms with E-state index in [0.717, 1.165) is 48.3 Å². The van der Waals surface area contributed by atoms with E-state index in [2.05, 4.69) is 10.0 Å². The Kier molecular flexibility index (Phi) is 9.18. The maximum atomic E-state index is 13.1. The normalized spacial score (nSPS) is 18.3. The molecule has 0 bridgehead atoms. The van der Waals surface area contributed by atoms with Gasteiger partial charge in [-0.25, -0.2) is 13.1 Å². The molecular weight excluding hydrogens is 557 g/mol. The molecule has 3 aromatic rings. The van der Waals surface area contributed by atoms with Crippen LogP contribution in [-0.2, 0) is 29.2 Å². The van der Waals surface area contributed by atoms with Crippen LogP contribution < -0.4 is 10.0 Å². The van der Waals surface area contributed by atoms with Gasteiger partial charge in [0.05, 0.1) is 12.1 Å². The predicted molar refractivity (Wildman–Crippen MR) is 143 cm³/mol. The van der Waals surface area contributed by atoms with Crippen molar-refractivity contribution >= 4 is 38.9 Å². The molecule has 0 spiro atoms. The maximum absolute atomic E-state index is 13.1. The fourth-order valence-corrected chi connectivity index (χ4v) is 7.42. The molecule has 5 nitrogen and oxygen atoms in total. The van der Waals surface area contributed by atoms with Crippen molar-refractivity contribution in [2.75, 3.05) is 0 Å². The molecule has 1 aromatic heterocycles. The molecule has 1 fully saturated rings. The number of hydrogen-bond donors (Lipinski definition) is 2. The molecule has 204 valence electrons. The van der Waals surface area contributed by atoms with E-state index in [1.807, 2.05) is 0 Å². The van der Waals surface area contributed by atoms with Crippen LogP contribution in [0.25, 0.3) is 0 Å². The summed E-state index contributed by atoms with van der Waals surface area (Å²) in [5, 5.41) is 3.31. The van der Waals surface area contributed by atoms with Crippen LogP contribution in [0.15, 0.2) is 64.9 Å². The van der Waals surface area contributed by atoms with Gasteiger partial charge in [0.2, 0.25) is 10.0 Å². The number of rotatable bonds is 9. The Hall–Kier alpha value is -2.40. The summed E-state index contributed by atoms with van der Waals surface area (Å²) in [6.45, 7) is 0.195. The first-order valence-electron chi connectivity index (χ1n) is 12.3. The molecule has 11 heteroatoms. The van der Waals surface area contributed by atoms with Gasteiger partial charge in [-0.3, -0.25) is 4.79 Å². The van der Waals surface area contributed by atoms with Gasteiger partial charge in [0.25, 0.3) is 5.91 Å². The van der Waals surface area contributed by atoms with Gasteiger partial charge in [0.1, 0.15) is 4.21 Å². The molecule has 38 heavy (non-hydrogen) atoms. The Bertz CT molecular complexity index is 1340. The van der Waals surface area contributed by atoms with E-state index >= 15 is 0 Å². The number of amides is 1. The smallest absolute Gasteiger partial charge is 0.347 e. The summed E-state index contributed by atoms with van der Waals surface area (Å²) >= 11 is 6.96. The summed E-state index contributed by atoms with van der Waals surface area (Å²) in [7, 11) is -3.76. The van der Waals surface area contributed by atoms with E-state index in [1.54, 1.807) is 30.3 Å². The number of carbonyl (C=O) groups is 1. The summed E-state index contributed by atoms with van der Waals surface area (Å²) in [5.74, 6) is -0.186. The first-order valence-corrected chi connectivity index (χ1v) is 15.0. The molecule has 2 aromatic carbocycles. The van der Waals surface area contributed by atoms with Crippen LogP contribution in [0.5, 0.6) is 0 Å². The summed E-state index contributed by atoms with van der Waals surface area (Å²) in [6.07, 6.45) is 0.382. The first kappa shape index (κ1) is 28.6. The van der Waals surface area contributed by atoms with Crippen molar-refractivity contribution in [2.24, 2.45) is 5.92 Å². The molecule has 1 saturated carbocycles. The van der Waals surface area contributed by atoms with Crippen molar-refractivity contribution in [3.63, 3.8) is 0 Å². The van der Waals surface area contributed by atoms with E-state index < -0.39 is 21.8 Å². The Morgan fingerprint density at radius 2 is 1.66 bits per heavy atom. The second-order valence-electron chi connectivity index (χ2n) is 9.42. The largest absolute Gasteiger partial charge is 0.416 e. The zero-order valence-electron chi connectivity index (χ0n) is 20.4. The molecule has 0 aliphatic heterocycles. The molecule has 4 rings (SSSR count). The van der Waals surface area contributed by atoms with Gasteiger partial charge in [-0.2, -0.15) is 13.2 Å². The van der Waals surface area contributed by atoms with Crippen LogP contribution in [0.1, 0.15) is 58.5 Å². The number of halogens is 4. The Morgan fingerprint density at radius 3 is 2.34 bits per heavy atom. The third-order valence-corrected chi connectivity index (χ3v) is 10.1. The van der Waals surface area contributed by atoms with Gasteiger partial charge >= 0.3 is 6.18 Å². The van der Waals surface area contributed by atoms with Crippen molar-refractivity contribution in [2.45, 2.75) is 61.5 Å². The van der Waals surface area contributed by atoms with Crippen LogP contribution in [0, 0.1) is 5.92 Å². The Morgan fingerprint density at radius 1 is 0.974 bits per heavy atom.